The van der Waals surface area contributed by atoms with Crippen molar-refractivity contribution in [3.63, 3.8) is 0 Å². The zero-order chi connectivity index (χ0) is 26.0. The highest BCUT2D eigenvalue weighted by molar-refractivity contribution is 6.30. The summed E-state index contributed by atoms with van der Waals surface area (Å²) in [5.74, 6) is 0.218. The average molecular weight is 503 g/mol. The summed E-state index contributed by atoms with van der Waals surface area (Å²) in [4.78, 5) is 47.0. The standard InChI is InChI=1S/C28H27ClN4O3/c1-16(2)20-8-18(15-34)9-21(10-20)22-12-24-26(30-13-22)32-27(19-6-5-7-23(29)11-19)33(28(24)36)14-25(35)31-17(3)4/h5-13,15-17H,14H2,1-4H3,(H,31,35). The summed E-state index contributed by atoms with van der Waals surface area (Å²) in [6.07, 6.45) is 2.45. The number of amides is 1. The Hall–Kier alpha value is -3.84. The molecule has 0 unspecified atom stereocenters. The van der Waals surface area contributed by atoms with Crippen LogP contribution in [-0.2, 0) is 11.3 Å². The normalized spacial score (nSPS) is 11.3. The van der Waals surface area contributed by atoms with E-state index in [-0.39, 0.29) is 41.0 Å². The fourth-order valence-corrected chi connectivity index (χ4v) is 4.20. The van der Waals surface area contributed by atoms with Crippen molar-refractivity contribution in [2.75, 3.05) is 0 Å². The number of halogens is 1. The Balaban J connectivity index is 1.92. The molecular weight excluding hydrogens is 476 g/mol. The first kappa shape index (κ1) is 25.3. The number of nitrogens with zero attached hydrogens (tertiary/aromatic N) is 3. The van der Waals surface area contributed by atoms with Crippen molar-refractivity contribution in [3.8, 4) is 22.5 Å². The average Bonchev–Trinajstić information content (AvgIpc) is 2.84. The van der Waals surface area contributed by atoms with E-state index >= 15 is 0 Å². The van der Waals surface area contributed by atoms with Gasteiger partial charge in [0.1, 0.15) is 18.7 Å². The molecule has 0 fully saturated rings. The summed E-state index contributed by atoms with van der Waals surface area (Å²) in [6.45, 7) is 7.60. The highest BCUT2D eigenvalue weighted by Gasteiger charge is 2.18. The van der Waals surface area contributed by atoms with E-state index in [1.165, 1.54) is 4.57 Å². The molecule has 0 aliphatic heterocycles. The van der Waals surface area contributed by atoms with Gasteiger partial charge in [0, 0.05) is 34.0 Å². The lowest BCUT2D eigenvalue weighted by Crippen LogP contribution is -2.37. The van der Waals surface area contributed by atoms with Crippen LogP contribution in [0.25, 0.3) is 33.5 Å². The van der Waals surface area contributed by atoms with E-state index in [1.807, 2.05) is 26.0 Å². The molecule has 0 saturated carbocycles. The zero-order valence-corrected chi connectivity index (χ0v) is 21.3. The zero-order valence-electron chi connectivity index (χ0n) is 20.6. The number of hydrogen-bond acceptors (Lipinski definition) is 5. The number of rotatable bonds is 7. The van der Waals surface area contributed by atoms with E-state index in [0.29, 0.717) is 27.5 Å². The monoisotopic (exact) mass is 502 g/mol. The van der Waals surface area contributed by atoms with Gasteiger partial charge >= 0.3 is 0 Å². The number of carbonyl (C=O) groups excluding carboxylic acids is 2. The van der Waals surface area contributed by atoms with Gasteiger partial charge in [0.25, 0.3) is 5.56 Å². The van der Waals surface area contributed by atoms with Crippen LogP contribution in [0.3, 0.4) is 0 Å². The number of aromatic nitrogens is 3. The number of pyridine rings is 1. The van der Waals surface area contributed by atoms with Gasteiger partial charge < -0.3 is 5.32 Å². The summed E-state index contributed by atoms with van der Waals surface area (Å²) < 4.78 is 1.35. The summed E-state index contributed by atoms with van der Waals surface area (Å²) >= 11 is 6.19. The number of carbonyl (C=O) groups is 2. The second kappa shape index (κ2) is 10.4. The lowest BCUT2D eigenvalue weighted by molar-refractivity contribution is -0.122. The summed E-state index contributed by atoms with van der Waals surface area (Å²) in [5.41, 5.74) is 3.49. The molecule has 0 spiro atoms. The Bertz CT molecular complexity index is 1530. The third-order valence-corrected chi connectivity index (χ3v) is 5.99. The van der Waals surface area contributed by atoms with Crippen LogP contribution >= 0.6 is 11.6 Å². The van der Waals surface area contributed by atoms with Crippen LogP contribution in [0.5, 0.6) is 0 Å². The second-order valence-corrected chi connectivity index (χ2v) is 9.75. The highest BCUT2D eigenvalue weighted by Crippen LogP contribution is 2.28. The maximum atomic E-state index is 13.7. The van der Waals surface area contributed by atoms with E-state index < -0.39 is 0 Å². The third-order valence-electron chi connectivity index (χ3n) is 5.76. The molecule has 2 aromatic heterocycles. The molecule has 4 aromatic rings. The Morgan fingerprint density at radius 1 is 1.06 bits per heavy atom. The Morgan fingerprint density at radius 3 is 2.50 bits per heavy atom. The molecule has 36 heavy (non-hydrogen) atoms. The maximum absolute atomic E-state index is 13.7. The van der Waals surface area contributed by atoms with Gasteiger partial charge in [0.05, 0.1) is 5.39 Å². The molecule has 2 aromatic carbocycles. The van der Waals surface area contributed by atoms with Gasteiger partial charge in [0.15, 0.2) is 5.65 Å². The van der Waals surface area contributed by atoms with Crippen LogP contribution in [0.15, 0.2) is 59.5 Å². The fourth-order valence-electron chi connectivity index (χ4n) is 4.01. The van der Waals surface area contributed by atoms with E-state index in [1.54, 1.807) is 42.6 Å². The van der Waals surface area contributed by atoms with Crippen LogP contribution < -0.4 is 10.9 Å². The van der Waals surface area contributed by atoms with Crippen molar-refractivity contribution in [3.05, 3.63) is 81.2 Å². The van der Waals surface area contributed by atoms with Gasteiger partial charge in [-0.25, -0.2) is 9.97 Å². The molecule has 184 valence electrons. The lowest BCUT2D eigenvalue weighted by atomic mass is 9.95. The Kier molecular flexibility index (Phi) is 7.31. The molecule has 0 saturated heterocycles. The van der Waals surface area contributed by atoms with Crippen LogP contribution in [0.2, 0.25) is 5.02 Å². The molecule has 2 heterocycles. The Morgan fingerprint density at radius 2 is 1.83 bits per heavy atom. The fraction of sp³-hybridized carbons (Fsp3) is 0.250. The molecule has 0 atom stereocenters. The first-order chi connectivity index (χ1) is 17.2. The molecule has 1 amide bonds. The van der Waals surface area contributed by atoms with Crippen molar-refractivity contribution >= 4 is 34.8 Å². The van der Waals surface area contributed by atoms with E-state index in [0.717, 1.165) is 17.4 Å². The molecule has 0 radical (unpaired) electrons. The highest BCUT2D eigenvalue weighted by atomic mass is 35.5. The van der Waals surface area contributed by atoms with Crippen LogP contribution in [0.1, 0.15) is 49.5 Å². The second-order valence-electron chi connectivity index (χ2n) is 9.32. The summed E-state index contributed by atoms with van der Waals surface area (Å²) in [6, 6.07) is 14.2. The van der Waals surface area contributed by atoms with E-state index in [2.05, 4.69) is 29.1 Å². The van der Waals surface area contributed by atoms with Crippen molar-refractivity contribution in [2.45, 2.75) is 46.2 Å². The SMILES string of the molecule is CC(C)NC(=O)Cn1c(-c2cccc(Cl)c2)nc2ncc(-c3cc(C=O)cc(C(C)C)c3)cc2c1=O. The molecule has 1 N–H and O–H groups in total. The number of nitrogens with one attached hydrogen (secondary N) is 1. The third kappa shape index (κ3) is 5.36. The van der Waals surface area contributed by atoms with Crippen molar-refractivity contribution < 1.29 is 9.59 Å². The molecule has 8 heteroatoms. The minimum Gasteiger partial charge on any atom is -0.352 e. The molecule has 7 nitrogen and oxygen atoms in total. The predicted octanol–water partition coefficient (Wildman–Crippen LogP) is 5.24. The van der Waals surface area contributed by atoms with Crippen molar-refractivity contribution in [1.29, 1.82) is 0 Å². The number of benzene rings is 2. The Labute approximate surface area is 214 Å². The minimum atomic E-state index is -0.390. The molecule has 0 aliphatic carbocycles. The van der Waals surface area contributed by atoms with Gasteiger partial charge in [-0.05, 0) is 61.2 Å². The molecule has 0 aliphatic rings. The topological polar surface area (TPSA) is 93.9 Å². The smallest absolute Gasteiger partial charge is 0.263 e. The molecule has 0 bridgehead atoms. The van der Waals surface area contributed by atoms with Gasteiger partial charge in [-0.3, -0.25) is 19.0 Å². The first-order valence-corrected chi connectivity index (χ1v) is 12.1. The van der Waals surface area contributed by atoms with Gasteiger partial charge in [0.2, 0.25) is 5.91 Å². The van der Waals surface area contributed by atoms with Gasteiger partial charge in [-0.15, -0.1) is 0 Å². The number of aldehydes is 1. The van der Waals surface area contributed by atoms with Gasteiger partial charge in [-0.1, -0.05) is 43.6 Å². The largest absolute Gasteiger partial charge is 0.352 e. The van der Waals surface area contributed by atoms with E-state index in [9.17, 15) is 14.4 Å². The van der Waals surface area contributed by atoms with Crippen LogP contribution in [0, 0.1) is 0 Å². The maximum Gasteiger partial charge on any atom is 0.263 e. The lowest BCUT2D eigenvalue weighted by Gasteiger charge is -2.15. The quantitative estimate of drug-likeness (QED) is 0.349. The summed E-state index contributed by atoms with van der Waals surface area (Å²) in [5, 5.41) is 3.58. The van der Waals surface area contributed by atoms with Crippen LogP contribution in [-0.4, -0.2) is 32.8 Å². The van der Waals surface area contributed by atoms with Crippen molar-refractivity contribution in [1.82, 2.24) is 19.9 Å². The summed E-state index contributed by atoms with van der Waals surface area (Å²) in [7, 11) is 0. The molecule has 4 rings (SSSR count). The van der Waals surface area contributed by atoms with Crippen molar-refractivity contribution in [2.24, 2.45) is 0 Å². The van der Waals surface area contributed by atoms with Crippen LogP contribution in [0.4, 0.5) is 0 Å². The first-order valence-electron chi connectivity index (χ1n) is 11.7. The predicted molar refractivity (Wildman–Crippen MR) is 142 cm³/mol. The van der Waals surface area contributed by atoms with E-state index in [4.69, 9.17) is 11.6 Å². The number of fused-ring (bicyclic) bond motifs is 1. The minimum absolute atomic E-state index is 0.0789. The number of hydrogen-bond donors (Lipinski definition) is 1. The molecular formula is C28H27ClN4O3. The van der Waals surface area contributed by atoms with Gasteiger partial charge in [-0.2, -0.15) is 0 Å².